The van der Waals surface area contributed by atoms with Gasteiger partial charge in [0.25, 0.3) is 0 Å². The van der Waals surface area contributed by atoms with Crippen molar-refractivity contribution in [3.05, 3.63) is 48.2 Å². The fourth-order valence-electron chi connectivity index (χ4n) is 4.11. The lowest BCUT2D eigenvalue weighted by Crippen LogP contribution is -2.51. The van der Waals surface area contributed by atoms with E-state index in [0.717, 1.165) is 12.3 Å². The van der Waals surface area contributed by atoms with E-state index in [4.69, 9.17) is 0 Å². The van der Waals surface area contributed by atoms with Crippen LogP contribution in [0.25, 0.3) is 0 Å². The van der Waals surface area contributed by atoms with E-state index < -0.39 is 11.7 Å². The lowest BCUT2D eigenvalue weighted by atomic mass is 10.1. The first-order valence-electron chi connectivity index (χ1n) is 10.4. The lowest BCUT2D eigenvalue weighted by molar-refractivity contribution is -0.137. The van der Waals surface area contributed by atoms with Gasteiger partial charge in [0.15, 0.2) is 0 Å². The number of carbonyl (C=O) groups excluding carboxylic acids is 2. The van der Waals surface area contributed by atoms with Crippen molar-refractivity contribution in [2.24, 2.45) is 0 Å². The number of aromatic nitrogens is 1. The van der Waals surface area contributed by atoms with Crippen molar-refractivity contribution in [2.75, 3.05) is 47.8 Å². The van der Waals surface area contributed by atoms with Crippen molar-refractivity contribution >= 4 is 29.0 Å². The Kier molecular flexibility index (Phi) is 6.05. The Morgan fingerprint density at radius 3 is 2.50 bits per heavy atom. The average molecular weight is 447 g/mol. The minimum atomic E-state index is -4.41. The van der Waals surface area contributed by atoms with Gasteiger partial charge in [0.2, 0.25) is 11.8 Å². The van der Waals surface area contributed by atoms with E-state index in [1.165, 1.54) is 6.07 Å². The standard InChI is InChI=1S/C22H24F3N5O2/c1-15-12-20(31)27-17-4-2-3-5-18(17)30(15)21(32)14-28-8-10-29(11-9-28)19-7-6-16(13-26-19)22(23,24)25/h2-7,13,15H,8-12,14H2,1H3,(H,27,31)/t15-/m0/s1. The molecular formula is C22H24F3N5O2. The summed E-state index contributed by atoms with van der Waals surface area (Å²) in [6, 6.07) is 9.38. The molecular weight excluding hydrogens is 423 g/mol. The Labute approximate surface area is 183 Å². The number of benzene rings is 1. The SMILES string of the molecule is C[C@H]1CC(=O)Nc2ccccc2N1C(=O)CN1CCN(c2ccc(C(F)(F)F)cn2)CC1. The van der Waals surface area contributed by atoms with E-state index in [2.05, 4.69) is 10.3 Å². The zero-order valence-electron chi connectivity index (χ0n) is 17.6. The normalized spacial score (nSPS) is 19.9. The molecule has 7 nitrogen and oxygen atoms in total. The van der Waals surface area contributed by atoms with Crippen LogP contribution in [0, 0.1) is 0 Å². The van der Waals surface area contributed by atoms with Crippen molar-refractivity contribution < 1.29 is 22.8 Å². The Bertz CT molecular complexity index is 988. The number of alkyl halides is 3. The van der Waals surface area contributed by atoms with Crippen LogP contribution in [-0.2, 0) is 15.8 Å². The van der Waals surface area contributed by atoms with Gasteiger partial charge in [-0.15, -0.1) is 0 Å². The summed E-state index contributed by atoms with van der Waals surface area (Å²) in [5.41, 5.74) is 0.530. The van der Waals surface area contributed by atoms with Crippen LogP contribution in [0.4, 0.5) is 30.4 Å². The van der Waals surface area contributed by atoms with Crippen LogP contribution < -0.4 is 15.1 Å². The number of nitrogens with zero attached hydrogens (tertiary/aromatic N) is 4. The Hall–Kier alpha value is -3.14. The van der Waals surface area contributed by atoms with Gasteiger partial charge in [-0.2, -0.15) is 13.2 Å². The summed E-state index contributed by atoms with van der Waals surface area (Å²) >= 11 is 0. The highest BCUT2D eigenvalue weighted by atomic mass is 19.4. The van der Waals surface area contributed by atoms with E-state index in [-0.39, 0.29) is 30.8 Å². The van der Waals surface area contributed by atoms with Crippen LogP contribution in [0.5, 0.6) is 0 Å². The molecule has 2 amide bonds. The van der Waals surface area contributed by atoms with Crippen LogP contribution in [-0.4, -0.2) is 60.5 Å². The maximum atomic E-state index is 13.2. The number of fused-ring (bicyclic) bond motifs is 1. The molecule has 1 saturated heterocycles. The molecule has 2 aromatic rings. The Morgan fingerprint density at radius 2 is 1.84 bits per heavy atom. The first-order valence-corrected chi connectivity index (χ1v) is 10.4. The van der Waals surface area contributed by atoms with Crippen LogP contribution >= 0.6 is 0 Å². The van der Waals surface area contributed by atoms with E-state index in [0.29, 0.717) is 43.4 Å². The van der Waals surface area contributed by atoms with E-state index in [1.54, 1.807) is 11.0 Å². The van der Waals surface area contributed by atoms with Crippen LogP contribution in [0.3, 0.4) is 0 Å². The highest BCUT2D eigenvalue weighted by Gasteiger charge is 2.32. The minimum absolute atomic E-state index is 0.0949. The third-order valence-corrected chi connectivity index (χ3v) is 5.76. The molecule has 1 atom stereocenters. The molecule has 32 heavy (non-hydrogen) atoms. The number of halogens is 3. The molecule has 0 bridgehead atoms. The third kappa shape index (κ3) is 4.69. The second-order valence-electron chi connectivity index (χ2n) is 8.05. The van der Waals surface area contributed by atoms with Crippen molar-refractivity contribution in [2.45, 2.75) is 25.6 Å². The van der Waals surface area contributed by atoms with Crippen molar-refractivity contribution in [1.82, 2.24) is 9.88 Å². The molecule has 10 heteroatoms. The van der Waals surface area contributed by atoms with Crippen LogP contribution in [0.15, 0.2) is 42.6 Å². The number of para-hydroxylation sites is 2. The highest BCUT2D eigenvalue weighted by Crippen LogP contribution is 2.32. The summed E-state index contributed by atoms with van der Waals surface area (Å²) < 4.78 is 38.2. The zero-order valence-corrected chi connectivity index (χ0v) is 17.6. The molecule has 2 aliphatic heterocycles. The van der Waals surface area contributed by atoms with Crippen molar-refractivity contribution in [1.29, 1.82) is 0 Å². The lowest BCUT2D eigenvalue weighted by Gasteiger charge is -2.36. The first kappa shape index (κ1) is 22.1. The molecule has 3 heterocycles. The molecule has 4 rings (SSSR count). The summed E-state index contributed by atoms with van der Waals surface area (Å²) in [7, 11) is 0. The number of pyridine rings is 1. The highest BCUT2D eigenvalue weighted by molar-refractivity contribution is 6.04. The molecule has 0 aliphatic carbocycles. The monoisotopic (exact) mass is 447 g/mol. The summed E-state index contributed by atoms with van der Waals surface area (Å²) in [5.74, 6) is 0.268. The number of hydrogen-bond acceptors (Lipinski definition) is 5. The van der Waals surface area contributed by atoms with Gasteiger partial charge in [-0.1, -0.05) is 12.1 Å². The predicted molar refractivity (Wildman–Crippen MR) is 115 cm³/mol. The smallest absolute Gasteiger partial charge is 0.354 e. The molecule has 1 aromatic carbocycles. The number of rotatable bonds is 3. The topological polar surface area (TPSA) is 68.8 Å². The molecule has 0 radical (unpaired) electrons. The van der Waals surface area contributed by atoms with Gasteiger partial charge in [0, 0.05) is 44.8 Å². The molecule has 170 valence electrons. The molecule has 0 spiro atoms. The fraction of sp³-hybridized carbons (Fsp3) is 0.409. The number of carbonyl (C=O) groups is 2. The number of nitrogens with one attached hydrogen (secondary N) is 1. The van der Waals surface area contributed by atoms with E-state index in [1.807, 2.05) is 34.9 Å². The molecule has 0 unspecified atom stereocenters. The number of anilines is 3. The average Bonchev–Trinajstić information content (AvgIpc) is 2.88. The van der Waals surface area contributed by atoms with Gasteiger partial charge in [-0.05, 0) is 31.2 Å². The zero-order chi connectivity index (χ0) is 22.9. The first-order chi connectivity index (χ1) is 15.2. The Morgan fingerprint density at radius 1 is 1.12 bits per heavy atom. The van der Waals surface area contributed by atoms with Crippen LogP contribution in [0.2, 0.25) is 0 Å². The molecule has 0 saturated carbocycles. The van der Waals surface area contributed by atoms with Gasteiger partial charge >= 0.3 is 6.18 Å². The van der Waals surface area contributed by atoms with Gasteiger partial charge in [-0.25, -0.2) is 4.98 Å². The quantitative estimate of drug-likeness (QED) is 0.784. The number of piperazine rings is 1. The van der Waals surface area contributed by atoms with Gasteiger partial charge in [0.05, 0.1) is 23.5 Å². The fourth-order valence-corrected chi connectivity index (χ4v) is 4.11. The maximum absolute atomic E-state index is 13.2. The van der Waals surface area contributed by atoms with Gasteiger partial charge in [0.1, 0.15) is 5.82 Å². The number of amides is 2. The van der Waals surface area contributed by atoms with Crippen molar-refractivity contribution in [3.8, 4) is 0 Å². The molecule has 1 fully saturated rings. The van der Waals surface area contributed by atoms with Gasteiger partial charge in [-0.3, -0.25) is 14.5 Å². The maximum Gasteiger partial charge on any atom is 0.417 e. The van der Waals surface area contributed by atoms with E-state index >= 15 is 0 Å². The summed E-state index contributed by atoms with van der Waals surface area (Å²) in [6.07, 6.45) is -3.35. The summed E-state index contributed by atoms with van der Waals surface area (Å²) in [6.45, 7) is 4.32. The molecule has 1 N–H and O–H groups in total. The van der Waals surface area contributed by atoms with Crippen molar-refractivity contribution in [3.63, 3.8) is 0 Å². The Balaban J connectivity index is 1.39. The van der Waals surface area contributed by atoms with E-state index in [9.17, 15) is 22.8 Å². The van der Waals surface area contributed by atoms with Crippen LogP contribution in [0.1, 0.15) is 18.9 Å². The van der Waals surface area contributed by atoms with Gasteiger partial charge < -0.3 is 15.1 Å². The molecule has 1 aromatic heterocycles. The third-order valence-electron chi connectivity index (χ3n) is 5.76. The number of hydrogen-bond donors (Lipinski definition) is 1. The summed E-state index contributed by atoms with van der Waals surface area (Å²) in [4.78, 5) is 34.9. The summed E-state index contributed by atoms with van der Waals surface area (Å²) in [5, 5.41) is 2.85. The second-order valence-corrected chi connectivity index (χ2v) is 8.05. The predicted octanol–water partition coefficient (Wildman–Crippen LogP) is 2.99. The molecule has 2 aliphatic rings. The largest absolute Gasteiger partial charge is 0.417 e. The minimum Gasteiger partial charge on any atom is -0.354 e. The second kappa shape index (κ2) is 8.78.